The van der Waals surface area contributed by atoms with Gasteiger partial charge in [0.15, 0.2) is 6.10 Å². The first-order chi connectivity index (χ1) is 13.0. The van der Waals surface area contributed by atoms with Gasteiger partial charge < -0.3 is 14.5 Å². The molecule has 27 heavy (non-hydrogen) atoms. The molecule has 1 fully saturated rings. The molecule has 1 unspecified atom stereocenters. The molecule has 3 rings (SSSR count). The van der Waals surface area contributed by atoms with Crippen molar-refractivity contribution in [2.24, 2.45) is 0 Å². The van der Waals surface area contributed by atoms with Crippen LogP contribution < -0.4 is 9.64 Å². The zero-order valence-electron chi connectivity index (χ0n) is 16.6. The number of benzene rings is 1. The van der Waals surface area contributed by atoms with Crippen LogP contribution in [0.25, 0.3) is 0 Å². The summed E-state index contributed by atoms with van der Waals surface area (Å²) in [6.07, 6.45) is 1.09. The van der Waals surface area contributed by atoms with E-state index in [1.165, 1.54) is 0 Å². The number of aryl methyl sites for hydroxylation is 1. The Balaban J connectivity index is 1.59. The van der Waals surface area contributed by atoms with Crippen LogP contribution in [-0.2, 0) is 4.79 Å². The summed E-state index contributed by atoms with van der Waals surface area (Å²) >= 11 is 0. The van der Waals surface area contributed by atoms with Gasteiger partial charge in [0.25, 0.3) is 5.91 Å². The van der Waals surface area contributed by atoms with E-state index in [1.807, 2.05) is 43.0 Å². The van der Waals surface area contributed by atoms with E-state index in [-0.39, 0.29) is 5.91 Å². The highest BCUT2D eigenvalue weighted by Gasteiger charge is 2.27. The van der Waals surface area contributed by atoms with Crippen LogP contribution in [0.5, 0.6) is 5.75 Å². The number of hydrogen-bond donors (Lipinski definition) is 0. The zero-order chi connectivity index (χ0) is 19.4. The molecule has 1 saturated heterocycles. The van der Waals surface area contributed by atoms with Crippen molar-refractivity contribution >= 4 is 11.7 Å². The molecule has 1 atom stereocenters. The fourth-order valence-corrected chi connectivity index (χ4v) is 3.33. The maximum absolute atomic E-state index is 12.8. The first kappa shape index (κ1) is 19.1. The lowest BCUT2D eigenvalue weighted by Crippen LogP contribution is -2.52. The summed E-state index contributed by atoms with van der Waals surface area (Å²) in [5.41, 5.74) is 2.07. The van der Waals surface area contributed by atoms with Crippen molar-refractivity contribution < 1.29 is 9.53 Å². The molecular formula is C21H28N4O2. The third-order valence-electron chi connectivity index (χ3n) is 4.90. The van der Waals surface area contributed by atoms with E-state index in [2.05, 4.69) is 34.8 Å². The van der Waals surface area contributed by atoms with E-state index in [9.17, 15) is 4.79 Å². The number of nitrogens with zero attached hydrogens (tertiary/aromatic N) is 4. The fourth-order valence-electron chi connectivity index (χ4n) is 3.33. The van der Waals surface area contributed by atoms with Crippen LogP contribution >= 0.6 is 0 Å². The van der Waals surface area contributed by atoms with Gasteiger partial charge in [-0.25, -0.2) is 9.97 Å². The van der Waals surface area contributed by atoms with E-state index in [0.717, 1.165) is 35.9 Å². The smallest absolute Gasteiger partial charge is 0.263 e. The average molecular weight is 368 g/mol. The SMILES string of the molecule is Cc1cc(N2CCN(C(=O)C(C)Oc3ccccc3C(C)C)CC2)ncn1. The maximum atomic E-state index is 12.8. The predicted octanol–water partition coefficient (Wildman–Crippen LogP) is 3.02. The molecule has 2 aromatic rings. The molecule has 1 aromatic carbocycles. The summed E-state index contributed by atoms with van der Waals surface area (Å²) in [4.78, 5) is 25.4. The van der Waals surface area contributed by atoms with Gasteiger partial charge >= 0.3 is 0 Å². The third-order valence-corrected chi connectivity index (χ3v) is 4.90. The molecule has 1 amide bonds. The highest BCUT2D eigenvalue weighted by atomic mass is 16.5. The molecule has 0 radical (unpaired) electrons. The van der Waals surface area contributed by atoms with Crippen LogP contribution in [0.3, 0.4) is 0 Å². The van der Waals surface area contributed by atoms with Gasteiger partial charge in [0, 0.05) is 37.9 Å². The van der Waals surface area contributed by atoms with Crippen molar-refractivity contribution in [2.75, 3.05) is 31.1 Å². The minimum atomic E-state index is -0.502. The summed E-state index contributed by atoms with van der Waals surface area (Å²) < 4.78 is 6.02. The van der Waals surface area contributed by atoms with Gasteiger partial charge in [0.2, 0.25) is 0 Å². The van der Waals surface area contributed by atoms with Gasteiger partial charge in [-0.1, -0.05) is 32.0 Å². The van der Waals surface area contributed by atoms with E-state index in [4.69, 9.17) is 4.74 Å². The van der Waals surface area contributed by atoms with Crippen molar-refractivity contribution in [1.29, 1.82) is 0 Å². The van der Waals surface area contributed by atoms with Crippen molar-refractivity contribution in [1.82, 2.24) is 14.9 Å². The topological polar surface area (TPSA) is 58.6 Å². The second-order valence-electron chi connectivity index (χ2n) is 7.28. The number of anilines is 1. The van der Waals surface area contributed by atoms with Gasteiger partial charge in [-0.3, -0.25) is 4.79 Å². The monoisotopic (exact) mass is 368 g/mol. The quantitative estimate of drug-likeness (QED) is 0.812. The Kier molecular flexibility index (Phi) is 5.94. The predicted molar refractivity (Wildman–Crippen MR) is 106 cm³/mol. The number of carbonyl (C=O) groups is 1. The molecule has 6 heteroatoms. The summed E-state index contributed by atoms with van der Waals surface area (Å²) in [6.45, 7) is 10.9. The molecule has 1 aromatic heterocycles. The fraction of sp³-hybridized carbons (Fsp3) is 0.476. The Morgan fingerprint density at radius 2 is 1.78 bits per heavy atom. The van der Waals surface area contributed by atoms with E-state index >= 15 is 0 Å². The van der Waals surface area contributed by atoms with Crippen LogP contribution in [0.2, 0.25) is 0 Å². The van der Waals surface area contributed by atoms with Crippen LogP contribution in [0, 0.1) is 6.92 Å². The summed E-state index contributed by atoms with van der Waals surface area (Å²) in [6, 6.07) is 9.92. The lowest BCUT2D eigenvalue weighted by molar-refractivity contribution is -0.138. The normalized spacial score (nSPS) is 15.7. The number of piperazine rings is 1. The standard InChI is InChI=1S/C21H28N4O2/c1-15(2)18-7-5-6-8-19(18)27-17(4)21(26)25-11-9-24(10-12-25)20-13-16(3)22-14-23-20/h5-8,13-15,17H,9-12H2,1-4H3. The lowest BCUT2D eigenvalue weighted by atomic mass is 10.0. The molecule has 1 aliphatic rings. The van der Waals surface area contributed by atoms with Gasteiger partial charge in [0.1, 0.15) is 17.9 Å². The van der Waals surface area contributed by atoms with Crippen molar-refractivity contribution in [3.05, 3.63) is 47.9 Å². The number of aromatic nitrogens is 2. The Bertz CT molecular complexity index is 785. The van der Waals surface area contributed by atoms with Gasteiger partial charge in [-0.05, 0) is 31.4 Å². The van der Waals surface area contributed by atoms with Gasteiger partial charge in [0.05, 0.1) is 0 Å². The molecule has 0 spiro atoms. The highest BCUT2D eigenvalue weighted by Crippen LogP contribution is 2.27. The van der Waals surface area contributed by atoms with Crippen molar-refractivity contribution in [2.45, 2.75) is 39.7 Å². The summed E-state index contributed by atoms with van der Waals surface area (Å²) in [5, 5.41) is 0. The van der Waals surface area contributed by atoms with E-state index in [1.54, 1.807) is 6.33 Å². The molecule has 0 aliphatic carbocycles. The van der Waals surface area contributed by atoms with Gasteiger partial charge in [-0.2, -0.15) is 0 Å². The first-order valence-corrected chi connectivity index (χ1v) is 9.53. The molecule has 6 nitrogen and oxygen atoms in total. The van der Waals surface area contributed by atoms with E-state index in [0.29, 0.717) is 19.0 Å². The minimum Gasteiger partial charge on any atom is -0.481 e. The van der Waals surface area contributed by atoms with Crippen molar-refractivity contribution in [3.8, 4) is 5.75 Å². The number of amides is 1. The third kappa shape index (κ3) is 4.56. The largest absolute Gasteiger partial charge is 0.481 e. The molecule has 0 bridgehead atoms. The Hall–Kier alpha value is -2.63. The molecular weight excluding hydrogens is 340 g/mol. The number of hydrogen-bond acceptors (Lipinski definition) is 5. The summed E-state index contributed by atoms with van der Waals surface area (Å²) in [5.74, 6) is 2.10. The maximum Gasteiger partial charge on any atom is 0.263 e. The van der Waals surface area contributed by atoms with Crippen LogP contribution in [0.4, 0.5) is 5.82 Å². The van der Waals surface area contributed by atoms with Crippen LogP contribution in [0.1, 0.15) is 37.9 Å². The lowest BCUT2D eigenvalue weighted by Gasteiger charge is -2.36. The molecule has 0 saturated carbocycles. The van der Waals surface area contributed by atoms with Gasteiger partial charge in [-0.15, -0.1) is 0 Å². The number of para-hydroxylation sites is 1. The average Bonchev–Trinajstić information content (AvgIpc) is 2.67. The first-order valence-electron chi connectivity index (χ1n) is 9.53. The van der Waals surface area contributed by atoms with Crippen molar-refractivity contribution in [3.63, 3.8) is 0 Å². The van der Waals surface area contributed by atoms with Crippen LogP contribution in [0.15, 0.2) is 36.7 Å². The second-order valence-corrected chi connectivity index (χ2v) is 7.28. The minimum absolute atomic E-state index is 0.0343. The Labute approximate surface area is 161 Å². The molecule has 0 N–H and O–H groups in total. The van der Waals surface area contributed by atoms with Crippen LogP contribution in [-0.4, -0.2) is 53.1 Å². The van der Waals surface area contributed by atoms with E-state index < -0.39 is 6.10 Å². The Morgan fingerprint density at radius 1 is 1.07 bits per heavy atom. The zero-order valence-corrected chi connectivity index (χ0v) is 16.6. The molecule has 2 heterocycles. The highest BCUT2D eigenvalue weighted by molar-refractivity contribution is 5.81. The number of ether oxygens (including phenoxy) is 1. The number of carbonyl (C=O) groups excluding carboxylic acids is 1. The molecule has 1 aliphatic heterocycles. The summed E-state index contributed by atoms with van der Waals surface area (Å²) in [7, 11) is 0. The number of rotatable bonds is 5. The Morgan fingerprint density at radius 3 is 2.44 bits per heavy atom. The molecule has 144 valence electrons. The second kappa shape index (κ2) is 8.37.